The highest BCUT2D eigenvalue weighted by molar-refractivity contribution is 7.73. The smallest absolute Gasteiger partial charge is 0.262 e. The van der Waals surface area contributed by atoms with Crippen molar-refractivity contribution in [2.75, 3.05) is 6.54 Å². The number of aromatic nitrogens is 2. The zero-order valence-corrected chi connectivity index (χ0v) is 19.2. The largest absolute Gasteiger partial charge is 0.338 e. The number of carbonyl (C=O) groups is 1. The summed E-state index contributed by atoms with van der Waals surface area (Å²) in [7, 11) is 0. The summed E-state index contributed by atoms with van der Waals surface area (Å²) in [5.41, 5.74) is 1.22. The molecule has 1 fully saturated rings. The van der Waals surface area contributed by atoms with Gasteiger partial charge in [-0.15, -0.1) is 11.3 Å². The quantitative estimate of drug-likeness (QED) is 0.387. The molecule has 0 N–H and O–H groups in total. The van der Waals surface area contributed by atoms with E-state index < -0.39 is 5.82 Å². The summed E-state index contributed by atoms with van der Waals surface area (Å²) < 4.78 is 18.5. The lowest BCUT2D eigenvalue weighted by molar-refractivity contribution is -0.135. The number of para-hydroxylation sites is 1. The van der Waals surface area contributed by atoms with Gasteiger partial charge in [-0.05, 0) is 56.6 Å². The predicted molar refractivity (Wildman–Crippen MR) is 128 cm³/mol. The van der Waals surface area contributed by atoms with Gasteiger partial charge in [0.15, 0.2) is 3.95 Å². The van der Waals surface area contributed by atoms with E-state index in [9.17, 15) is 14.0 Å². The summed E-state index contributed by atoms with van der Waals surface area (Å²) in [5, 5.41) is 0.480. The van der Waals surface area contributed by atoms with E-state index in [4.69, 9.17) is 12.2 Å². The molecule has 1 unspecified atom stereocenters. The molecule has 2 aromatic carbocycles. The van der Waals surface area contributed by atoms with Gasteiger partial charge in [0.1, 0.15) is 18.0 Å². The Balaban J connectivity index is 1.80. The lowest BCUT2D eigenvalue weighted by atomic mass is 10.0. The van der Waals surface area contributed by atoms with Crippen molar-refractivity contribution >= 4 is 46.0 Å². The molecule has 0 saturated carbocycles. The lowest BCUT2D eigenvalue weighted by Gasteiger charge is -2.33. The normalized spacial score (nSPS) is 16.7. The molecule has 5 nitrogen and oxygen atoms in total. The van der Waals surface area contributed by atoms with E-state index in [1.807, 2.05) is 24.0 Å². The first-order chi connectivity index (χ1) is 15.5. The predicted octanol–water partition coefficient (Wildman–Crippen LogP) is 5.25. The molecule has 32 heavy (non-hydrogen) atoms. The summed E-state index contributed by atoms with van der Waals surface area (Å²) in [4.78, 5) is 29.3. The number of amides is 1. The minimum atomic E-state index is -0.394. The van der Waals surface area contributed by atoms with Crippen LogP contribution in [-0.2, 0) is 11.3 Å². The Morgan fingerprint density at radius 3 is 2.69 bits per heavy atom. The van der Waals surface area contributed by atoms with Crippen molar-refractivity contribution in [1.29, 1.82) is 0 Å². The fraction of sp³-hybridized carbons (Fsp3) is 0.292. The number of halogens is 1. The monoisotopic (exact) mass is 467 g/mol. The number of carbonyl (C=O) groups excluding carboxylic acids is 1. The Hall–Kier alpha value is -2.84. The molecule has 5 rings (SSSR count). The fourth-order valence-corrected chi connectivity index (χ4v) is 6.03. The van der Waals surface area contributed by atoms with E-state index in [0.29, 0.717) is 37.5 Å². The molecule has 1 saturated heterocycles. The third kappa shape index (κ3) is 3.38. The number of thiazole rings is 1. The number of likely N-dealkylation sites (tertiary alicyclic amines) is 1. The van der Waals surface area contributed by atoms with Gasteiger partial charge < -0.3 is 4.90 Å². The molecule has 0 radical (unpaired) electrons. The van der Waals surface area contributed by atoms with E-state index in [-0.39, 0.29) is 24.1 Å². The number of nitrogens with zero attached hydrogens (tertiary/aromatic N) is 3. The Labute approximate surface area is 193 Å². The maximum atomic E-state index is 14.8. The van der Waals surface area contributed by atoms with Crippen LogP contribution in [0.4, 0.5) is 4.39 Å². The Morgan fingerprint density at radius 1 is 1.16 bits per heavy atom. The second kappa shape index (κ2) is 8.26. The zero-order valence-electron chi connectivity index (χ0n) is 17.6. The summed E-state index contributed by atoms with van der Waals surface area (Å²) in [6.45, 7) is 2.63. The van der Waals surface area contributed by atoms with Gasteiger partial charge in [0.05, 0.1) is 15.8 Å². The van der Waals surface area contributed by atoms with Crippen molar-refractivity contribution in [2.24, 2.45) is 0 Å². The van der Waals surface area contributed by atoms with Gasteiger partial charge in [-0.2, -0.15) is 0 Å². The van der Waals surface area contributed by atoms with Crippen molar-refractivity contribution in [1.82, 2.24) is 13.9 Å². The first kappa shape index (κ1) is 21.0. The lowest BCUT2D eigenvalue weighted by Crippen LogP contribution is -2.44. The van der Waals surface area contributed by atoms with E-state index in [1.165, 1.54) is 22.0 Å². The van der Waals surface area contributed by atoms with Gasteiger partial charge >= 0.3 is 0 Å². The molecule has 1 atom stereocenters. The molecule has 2 aromatic heterocycles. The van der Waals surface area contributed by atoms with Gasteiger partial charge in [-0.3, -0.25) is 18.6 Å². The number of hydrogen-bond acceptors (Lipinski definition) is 4. The molecule has 164 valence electrons. The molecule has 0 bridgehead atoms. The van der Waals surface area contributed by atoms with Crippen molar-refractivity contribution in [3.8, 4) is 10.4 Å². The molecule has 1 amide bonds. The average Bonchev–Trinajstić information content (AvgIpc) is 3.14. The summed E-state index contributed by atoms with van der Waals surface area (Å²) >= 11 is 6.90. The molecule has 1 aliphatic heterocycles. The van der Waals surface area contributed by atoms with E-state index in [1.54, 1.807) is 34.7 Å². The number of benzene rings is 2. The maximum Gasteiger partial charge on any atom is 0.262 e. The van der Waals surface area contributed by atoms with Gasteiger partial charge in [-0.1, -0.05) is 30.3 Å². The molecule has 8 heteroatoms. The molecule has 4 aromatic rings. The van der Waals surface area contributed by atoms with Crippen LogP contribution in [-0.4, -0.2) is 32.4 Å². The van der Waals surface area contributed by atoms with E-state index >= 15 is 0 Å². The minimum Gasteiger partial charge on any atom is -0.338 e. The summed E-state index contributed by atoms with van der Waals surface area (Å²) in [6, 6.07) is 13.8. The maximum absolute atomic E-state index is 14.8. The molecular weight excluding hydrogens is 445 g/mol. The first-order valence-electron chi connectivity index (χ1n) is 10.7. The van der Waals surface area contributed by atoms with Gasteiger partial charge in [-0.25, -0.2) is 4.39 Å². The molecule has 0 spiro atoms. The van der Waals surface area contributed by atoms with Crippen LogP contribution in [0.3, 0.4) is 0 Å². The number of fused-ring (bicyclic) bond motifs is 3. The van der Waals surface area contributed by atoms with Gasteiger partial charge in [0.25, 0.3) is 5.56 Å². The third-order valence-electron chi connectivity index (χ3n) is 6.20. The summed E-state index contributed by atoms with van der Waals surface area (Å²) in [6.07, 6.45) is 3.02. The van der Waals surface area contributed by atoms with E-state index in [2.05, 4.69) is 0 Å². The van der Waals surface area contributed by atoms with Crippen LogP contribution in [0.15, 0.2) is 53.3 Å². The molecular formula is C24H22FN3O2S2. The number of rotatable bonds is 3. The highest BCUT2D eigenvalue weighted by Crippen LogP contribution is 2.34. The fourth-order valence-electron chi connectivity index (χ4n) is 4.58. The minimum absolute atomic E-state index is 0.104. The third-order valence-corrected chi connectivity index (χ3v) is 7.59. The van der Waals surface area contributed by atoms with Crippen LogP contribution in [0.5, 0.6) is 0 Å². The van der Waals surface area contributed by atoms with Crippen LogP contribution in [0, 0.1) is 9.77 Å². The number of piperidine rings is 1. The Kier molecular flexibility index (Phi) is 5.43. The van der Waals surface area contributed by atoms with Crippen LogP contribution in [0.2, 0.25) is 0 Å². The van der Waals surface area contributed by atoms with Gasteiger partial charge in [0, 0.05) is 18.2 Å². The van der Waals surface area contributed by atoms with Gasteiger partial charge in [0.2, 0.25) is 5.91 Å². The van der Waals surface area contributed by atoms with Crippen molar-refractivity contribution in [3.05, 3.63) is 68.7 Å². The van der Waals surface area contributed by atoms with Crippen molar-refractivity contribution in [2.45, 2.75) is 38.8 Å². The Morgan fingerprint density at radius 2 is 1.91 bits per heavy atom. The topological polar surface area (TPSA) is 46.7 Å². The summed E-state index contributed by atoms with van der Waals surface area (Å²) in [5.74, 6) is -0.498. The standard InChI is InChI=1S/C24H22FN3O2S2/c1-15-8-6-7-13-26(15)20(29)14-27-22-21(16-9-2-4-11-18(16)25)32-24(31)28(22)19-12-5-3-10-17(19)23(27)30/h2-5,9-12,15H,6-8,13-14H2,1H3. The second-order valence-electron chi connectivity index (χ2n) is 8.18. The van der Waals surface area contributed by atoms with Crippen molar-refractivity contribution in [3.63, 3.8) is 0 Å². The SMILES string of the molecule is CC1CCCCN1C(=O)Cn1c(=O)c2ccccc2n2c(=S)sc(-c3ccccc3F)c12. The second-order valence-corrected chi connectivity index (χ2v) is 9.82. The van der Waals surface area contributed by atoms with Crippen LogP contribution in [0.1, 0.15) is 26.2 Å². The Bertz CT molecular complexity index is 1470. The highest BCUT2D eigenvalue weighted by atomic mass is 32.1. The first-order valence-corrected chi connectivity index (χ1v) is 11.9. The van der Waals surface area contributed by atoms with Crippen LogP contribution in [0.25, 0.3) is 27.0 Å². The molecule has 3 heterocycles. The van der Waals surface area contributed by atoms with Crippen LogP contribution < -0.4 is 5.56 Å². The van der Waals surface area contributed by atoms with E-state index in [0.717, 1.165) is 19.3 Å². The average molecular weight is 468 g/mol. The van der Waals surface area contributed by atoms with Crippen molar-refractivity contribution < 1.29 is 9.18 Å². The molecule has 1 aliphatic rings. The number of hydrogen-bond donors (Lipinski definition) is 0. The highest BCUT2D eigenvalue weighted by Gasteiger charge is 2.26. The zero-order chi connectivity index (χ0) is 22.4. The van der Waals surface area contributed by atoms with Crippen LogP contribution >= 0.6 is 23.6 Å². The molecule has 0 aliphatic carbocycles.